The van der Waals surface area contributed by atoms with E-state index < -0.39 is 10.0 Å². The summed E-state index contributed by atoms with van der Waals surface area (Å²) in [5, 5.41) is 0. The highest BCUT2D eigenvalue weighted by Crippen LogP contribution is 2.28. The van der Waals surface area contributed by atoms with Gasteiger partial charge in [0.05, 0.1) is 12.0 Å². The van der Waals surface area contributed by atoms with Gasteiger partial charge in [0.1, 0.15) is 5.75 Å². The minimum absolute atomic E-state index is 0.217. The van der Waals surface area contributed by atoms with Crippen LogP contribution in [-0.2, 0) is 10.0 Å². The highest BCUT2D eigenvalue weighted by molar-refractivity contribution is 9.09. The van der Waals surface area contributed by atoms with Gasteiger partial charge in [0, 0.05) is 17.9 Å². The number of alkyl halides is 1. The second-order valence-electron chi connectivity index (χ2n) is 4.82. The van der Waals surface area contributed by atoms with E-state index in [2.05, 4.69) is 22.9 Å². The SMILES string of the molecule is COc1ccc(S(=O)(=O)N2CCC(C)C(Br)C2)cc1. The average Bonchev–Trinajstić information content (AvgIpc) is 2.41. The summed E-state index contributed by atoms with van der Waals surface area (Å²) < 4.78 is 31.6. The Kier molecular flexibility index (Phi) is 4.53. The molecule has 1 heterocycles. The minimum Gasteiger partial charge on any atom is -0.497 e. The van der Waals surface area contributed by atoms with Crippen LogP contribution < -0.4 is 4.74 Å². The van der Waals surface area contributed by atoms with Crippen LogP contribution in [0.1, 0.15) is 13.3 Å². The molecule has 1 aromatic rings. The summed E-state index contributed by atoms with van der Waals surface area (Å²) in [5.41, 5.74) is 0. The number of nitrogens with zero attached hydrogens (tertiary/aromatic N) is 1. The van der Waals surface area contributed by atoms with Crippen molar-refractivity contribution in [1.82, 2.24) is 4.31 Å². The fraction of sp³-hybridized carbons (Fsp3) is 0.538. The van der Waals surface area contributed by atoms with Crippen LogP contribution in [0, 0.1) is 5.92 Å². The number of methoxy groups -OCH3 is 1. The first-order chi connectivity index (χ1) is 8.95. The molecular formula is C13H18BrNO3S. The number of rotatable bonds is 3. The topological polar surface area (TPSA) is 46.6 Å². The molecule has 1 saturated heterocycles. The first-order valence-electron chi connectivity index (χ1n) is 6.23. The fourth-order valence-corrected chi connectivity index (χ4v) is 4.40. The van der Waals surface area contributed by atoms with E-state index in [9.17, 15) is 8.42 Å². The molecule has 0 aliphatic carbocycles. The van der Waals surface area contributed by atoms with Crippen molar-refractivity contribution in [3.05, 3.63) is 24.3 Å². The quantitative estimate of drug-likeness (QED) is 0.789. The molecule has 0 amide bonds. The second-order valence-corrected chi connectivity index (χ2v) is 7.93. The van der Waals surface area contributed by atoms with Crippen LogP contribution in [0.25, 0.3) is 0 Å². The van der Waals surface area contributed by atoms with Crippen molar-refractivity contribution in [3.8, 4) is 5.75 Å². The molecule has 0 spiro atoms. The Hall–Kier alpha value is -0.590. The van der Waals surface area contributed by atoms with E-state index in [1.165, 1.54) is 0 Å². The monoisotopic (exact) mass is 347 g/mol. The van der Waals surface area contributed by atoms with Crippen molar-refractivity contribution in [1.29, 1.82) is 0 Å². The summed E-state index contributed by atoms with van der Waals surface area (Å²) in [6, 6.07) is 6.53. The fourth-order valence-electron chi connectivity index (χ4n) is 2.11. The number of sulfonamides is 1. The average molecular weight is 348 g/mol. The third kappa shape index (κ3) is 3.12. The van der Waals surface area contributed by atoms with Gasteiger partial charge in [-0.1, -0.05) is 22.9 Å². The maximum Gasteiger partial charge on any atom is 0.243 e. The Morgan fingerprint density at radius 2 is 1.95 bits per heavy atom. The molecule has 2 unspecified atom stereocenters. The van der Waals surface area contributed by atoms with Gasteiger partial charge >= 0.3 is 0 Å². The van der Waals surface area contributed by atoms with Gasteiger partial charge in [-0.25, -0.2) is 8.42 Å². The lowest BCUT2D eigenvalue weighted by Gasteiger charge is -2.33. The van der Waals surface area contributed by atoms with Crippen LogP contribution in [0.5, 0.6) is 5.75 Å². The van der Waals surface area contributed by atoms with Gasteiger partial charge in [-0.2, -0.15) is 4.31 Å². The zero-order valence-electron chi connectivity index (χ0n) is 11.0. The van der Waals surface area contributed by atoms with E-state index in [0.717, 1.165) is 6.42 Å². The molecule has 1 fully saturated rings. The summed E-state index contributed by atoms with van der Waals surface area (Å²) in [7, 11) is -1.84. The Labute approximate surface area is 122 Å². The number of ether oxygens (including phenoxy) is 1. The van der Waals surface area contributed by atoms with Crippen molar-refractivity contribution in [2.45, 2.75) is 23.1 Å². The van der Waals surface area contributed by atoms with Gasteiger partial charge in [0.15, 0.2) is 0 Å². The normalized spacial score (nSPS) is 25.2. The lowest BCUT2D eigenvalue weighted by Crippen LogP contribution is -2.43. The number of hydrogen-bond acceptors (Lipinski definition) is 3. The largest absolute Gasteiger partial charge is 0.497 e. The zero-order chi connectivity index (χ0) is 14.0. The van der Waals surface area contributed by atoms with E-state index >= 15 is 0 Å². The van der Waals surface area contributed by atoms with Gasteiger partial charge in [0.2, 0.25) is 10.0 Å². The molecule has 0 N–H and O–H groups in total. The van der Waals surface area contributed by atoms with E-state index in [-0.39, 0.29) is 4.83 Å². The molecule has 2 atom stereocenters. The van der Waals surface area contributed by atoms with Crippen molar-refractivity contribution < 1.29 is 13.2 Å². The maximum atomic E-state index is 12.5. The summed E-state index contributed by atoms with van der Waals surface area (Å²) in [4.78, 5) is 0.539. The van der Waals surface area contributed by atoms with E-state index in [1.54, 1.807) is 35.7 Å². The van der Waals surface area contributed by atoms with E-state index in [4.69, 9.17) is 4.74 Å². The number of halogens is 1. The van der Waals surface area contributed by atoms with Gasteiger partial charge in [-0.15, -0.1) is 0 Å². The molecule has 1 aromatic carbocycles. The molecule has 0 aromatic heterocycles. The molecular weight excluding hydrogens is 330 g/mol. The summed E-state index contributed by atoms with van der Waals surface area (Å²) >= 11 is 3.56. The summed E-state index contributed by atoms with van der Waals surface area (Å²) in [5.74, 6) is 1.16. The Morgan fingerprint density at radius 1 is 1.32 bits per heavy atom. The van der Waals surface area contributed by atoms with Crippen molar-refractivity contribution in [2.24, 2.45) is 5.92 Å². The predicted molar refractivity (Wildman–Crippen MR) is 78.2 cm³/mol. The third-order valence-corrected chi connectivity index (χ3v) is 6.60. The first kappa shape index (κ1) is 14.8. The standard InChI is InChI=1S/C13H18BrNO3S/c1-10-7-8-15(9-13(10)14)19(16,17)12-5-3-11(18-2)4-6-12/h3-6,10,13H,7-9H2,1-2H3. The van der Waals surface area contributed by atoms with Crippen LogP contribution in [0.2, 0.25) is 0 Å². The molecule has 0 bridgehead atoms. The van der Waals surface area contributed by atoms with Crippen LogP contribution in [-0.4, -0.2) is 37.7 Å². The maximum absolute atomic E-state index is 12.5. The zero-order valence-corrected chi connectivity index (χ0v) is 13.4. The van der Waals surface area contributed by atoms with E-state index in [1.807, 2.05) is 0 Å². The number of piperidine rings is 1. The van der Waals surface area contributed by atoms with Crippen molar-refractivity contribution >= 4 is 26.0 Å². The molecule has 0 radical (unpaired) electrons. The smallest absolute Gasteiger partial charge is 0.243 e. The highest BCUT2D eigenvalue weighted by atomic mass is 79.9. The molecule has 6 heteroatoms. The number of benzene rings is 1. The molecule has 106 valence electrons. The Bertz CT molecular complexity index is 529. The van der Waals surface area contributed by atoms with Crippen molar-refractivity contribution in [3.63, 3.8) is 0 Å². The predicted octanol–water partition coefficient (Wildman–Crippen LogP) is 2.49. The highest BCUT2D eigenvalue weighted by Gasteiger charge is 2.32. The Morgan fingerprint density at radius 3 is 2.47 bits per heavy atom. The lowest BCUT2D eigenvalue weighted by molar-refractivity contribution is 0.300. The minimum atomic E-state index is -3.40. The molecule has 2 rings (SSSR count). The second kappa shape index (κ2) is 5.81. The summed E-state index contributed by atoms with van der Waals surface area (Å²) in [6.45, 7) is 3.24. The number of hydrogen-bond donors (Lipinski definition) is 0. The van der Waals surface area contributed by atoms with Gasteiger partial charge < -0.3 is 4.74 Å². The van der Waals surface area contributed by atoms with Gasteiger partial charge in [0.25, 0.3) is 0 Å². The molecule has 0 saturated carbocycles. The van der Waals surface area contributed by atoms with Gasteiger partial charge in [-0.05, 0) is 36.6 Å². The molecule has 19 heavy (non-hydrogen) atoms. The van der Waals surface area contributed by atoms with Crippen molar-refractivity contribution in [2.75, 3.05) is 20.2 Å². The molecule has 1 aliphatic rings. The van der Waals surface area contributed by atoms with Crippen LogP contribution >= 0.6 is 15.9 Å². The van der Waals surface area contributed by atoms with E-state index in [0.29, 0.717) is 29.7 Å². The molecule has 4 nitrogen and oxygen atoms in total. The summed E-state index contributed by atoms with van der Waals surface area (Å²) in [6.07, 6.45) is 0.880. The van der Waals surface area contributed by atoms with Crippen LogP contribution in [0.4, 0.5) is 0 Å². The third-order valence-electron chi connectivity index (χ3n) is 3.53. The van der Waals surface area contributed by atoms with Gasteiger partial charge in [-0.3, -0.25) is 0 Å². The molecule has 1 aliphatic heterocycles. The first-order valence-corrected chi connectivity index (χ1v) is 8.59. The van der Waals surface area contributed by atoms with Crippen LogP contribution in [0.3, 0.4) is 0 Å². The van der Waals surface area contributed by atoms with Crippen LogP contribution in [0.15, 0.2) is 29.2 Å². The lowest BCUT2D eigenvalue weighted by atomic mass is 10.0. The Balaban J connectivity index is 2.21.